The van der Waals surface area contributed by atoms with Crippen LogP contribution in [-0.4, -0.2) is 12.4 Å². The third-order valence-corrected chi connectivity index (χ3v) is 3.39. The van der Waals surface area contributed by atoms with Gasteiger partial charge < -0.3 is 9.47 Å². The summed E-state index contributed by atoms with van der Waals surface area (Å²) in [6.45, 7) is 5.01. The number of rotatable bonds is 2. The number of hydrogen-bond donors (Lipinski definition) is 0. The normalized spacial score (nSPS) is 42.9. The Hall–Kier alpha value is -0.500. The molecule has 1 fully saturated rings. The Labute approximate surface area is 79.9 Å². The van der Waals surface area contributed by atoms with Crippen molar-refractivity contribution in [3.63, 3.8) is 0 Å². The minimum Gasteiger partial charge on any atom is -0.469 e. The summed E-state index contributed by atoms with van der Waals surface area (Å²) in [5.41, 5.74) is 0.112. The number of hydrogen-bond acceptors (Lipinski definition) is 2. The Morgan fingerprint density at radius 1 is 1.38 bits per heavy atom. The molecular weight excluding hydrogens is 164 g/mol. The highest BCUT2D eigenvalue weighted by molar-refractivity contribution is 5.11. The maximum atomic E-state index is 5.81. The van der Waals surface area contributed by atoms with E-state index in [1.165, 1.54) is 19.3 Å². The Morgan fingerprint density at radius 2 is 2.15 bits per heavy atom. The molecule has 74 valence electrons. The van der Waals surface area contributed by atoms with E-state index in [1.807, 2.05) is 13.2 Å². The van der Waals surface area contributed by atoms with Gasteiger partial charge in [0.25, 0.3) is 0 Å². The smallest absolute Gasteiger partial charge is 0.218 e. The summed E-state index contributed by atoms with van der Waals surface area (Å²) in [7, 11) is 0. The second kappa shape index (κ2) is 3.02. The molecule has 2 aliphatic rings. The van der Waals surface area contributed by atoms with E-state index in [4.69, 9.17) is 9.47 Å². The lowest BCUT2D eigenvalue weighted by molar-refractivity contribution is -0.257. The van der Waals surface area contributed by atoms with Gasteiger partial charge in [-0.1, -0.05) is 6.42 Å². The zero-order chi connectivity index (χ0) is 9.36. The topological polar surface area (TPSA) is 18.5 Å². The van der Waals surface area contributed by atoms with Gasteiger partial charge in [0.1, 0.15) is 0 Å². The molecule has 1 aliphatic carbocycles. The molecule has 0 amide bonds. The van der Waals surface area contributed by atoms with E-state index in [9.17, 15) is 0 Å². The average molecular weight is 182 g/mol. The molecule has 0 bridgehead atoms. The lowest BCUT2D eigenvalue weighted by Crippen LogP contribution is -2.48. The molecule has 2 atom stereocenters. The zero-order valence-corrected chi connectivity index (χ0v) is 8.51. The monoisotopic (exact) mass is 182 g/mol. The molecule has 2 heteroatoms. The minimum atomic E-state index is -0.333. The van der Waals surface area contributed by atoms with Gasteiger partial charge in [0.05, 0.1) is 11.7 Å². The van der Waals surface area contributed by atoms with Crippen LogP contribution >= 0.6 is 0 Å². The van der Waals surface area contributed by atoms with E-state index < -0.39 is 0 Å². The quantitative estimate of drug-likeness (QED) is 0.653. The standard InChI is InChI=1S/C11H18O2/c1-3-12-11-7-5-4-6-10(11,2)8-9-13-11/h8-9H,3-7H2,1-2H3. The second-order valence-corrected chi connectivity index (χ2v) is 4.23. The fraction of sp³-hybridized carbons (Fsp3) is 0.818. The van der Waals surface area contributed by atoms with Crippen LogP contribution in [0.5, 0.6) is 0 Å². The summed E-state index contributed by atoms with van der Waals surface area (Å²) in [4.78, 5) is 0. The van der Waals surface area contributed by atoms with Gasteiger partial charge in [-0.15, -0.1) is 0 Å². The molecule has 0 radical (unpaired) electrons. The zero-order valence-electron chi connectivity index (χ0n) is 8.51. The van der Waals surface area contributed by atoms with Gasteiger partial charge in [-0.05, 0) is 32.8 Å². The predicted octanol–water partition coefficient (Wildman–Crippen LogP) is 2.84. The molecule has 0 saturated heterocycles. The molecule has 1 heterocycles. The Bertz CT molecular complexity index is 220. The summed E-state index contributed by atoms with van der Waals surface area (Å²) in [5, 5.41) is 0. The molecule has 1 aliphatic heterocycles. The average Bonchev–Trinajstić information content (AvgIpc) is 2.43. The van der Waals surface area contributed by atoms with Crippen molar-refractivity contribution in [1.29, 1.82) is 0 Å². The molecule has 2 nitrogen and oxygen atoms in total. The fourth-order valence-electron chi connectivity index (χ4n) is 2.53. The summed E-state index contributed by atoms with van der Waals surface area (Å²) in [5.74, 6) is -0.333. The van der Waals surface area contributed by atoms with Gasteiger partial charge in [-0.3, -0.25) is 0 Å². The second-order valence-electron chi connectivity index (χ2n) is 4.23. The van der Waals surface area contributed by atoms with Crippen molar-refractivity contribution in [2.75, 3.05) is 6.61 Å². The van der Waals surface area contributed by atoms with Gasteiger partial charge in [-0.2, -0.15) is 0 Å². The largest absolute Gasteiger partial charge is 0.469 e. The van der Waals surface area contributed by atoms with Crippen molar-refractivity contribution >= 4 is 0 Å². The van der Waals surface area contributed by atoms with Crippen LogP contribution in [0.15, 0.2) is 12.3 Å². The van der Waals surface area contributed by atoms with E-state index in [0.717, 1.165) is 13.0 Å². The maximum Gasteiger partial charge on any atom is 0.218 e. The van der Waals surface area contributed by atoms with Crippen LogP contribution in [0, 0.1) is 5.41 Å². The summed E-state index contributed by atoms with van der Waals surface area (Å²) >= 11 is 0. The van der Waals surface area contributed by atoms with Gasteiger partial charge in [-0.25, -0.2) is 0 Å². The summed E-state index contributed by atoms with van der Waals surface area (Å²) in [6.07, 6.45) is 8.72. The van der Waals surface area contributed by atoms with Crippen LogP contribution in [0.2, 0.25) is 0 Å². The first-order valence-corrected chi connectivity index (χ1v) is 5.22. The van der Waals surface area contributed by atoms with Gasteiger partial charge in [0, 0.05) is 13.0 Å². The van der Waals surface area contributed by atoms with Crippen molar-refractivity contribution < 1.29 is 9.47 Å². The van der Waals surface area contributed by atoms with Crippen molar-refractivity contribution in [3.05, 3.63) is 12.3 Å². The molecular formula is C11H18O2. The Balaban J connectivity index is 2.22. The molecule has 2 rings (SSSR count). The minimum absolute atomic E-state index is 0.112. The number of fused-ring (bicyclic) bond motifs is 1. The van der Waals surface area contributed by atoms with E-state index in [1.54, 1.807) is 0 Å². The Morgan fingerprint density at radius 3 is 2.92 bits per heavy atom. The van der Waals surface area contributed by atoms with Crippen LogP contribution < -0.4 is 0 Å². The van der Waals surface area contributed by atoms with Gasteiger partial charge in [0.15, 0.2) is 0 Å². The first-order valence-electron chi connectivity index (χ1n) is 5.22. The van der Waals surface area contributed by atoms with Crippen molar-refractivity contribution in [1.82, 2.24) is 0 Å². The van der Waals surface area contributed by atoms with E-state index in [-0.39, 0.29) is 11.2 Å². The van der Waals surface area contributed by atoms with Crippen molar-refractivity contribution in [3.8, 4) is 0 Å². The Kier molecular flexibility index (Phi) is 2.11. The highest BCUT2D eigenvalue weighted by Gasteiger charge is 2.53. The first-order chi connectivity index (χ1) is 6.22. The van der Waals surface area contributed by atoms with Crippen LogP contribution in [0.4, 0.5) is 0 Å². The van der Waals surface area contributed by atoms with E-state index in [2.05, 4.69) is 13.0 Å². The SMILES string of the molecule is CCOC12CCCCC1(C)C=CO2. The fourth-order valence-corrected chi connectivity index (χ4v) is 2.53. The van der Waals surface area contributed by atoms with E-state index >= 15 is 0 Å². The summed E-state index contributed by atoms with van der Waals surface area (Å²) < 4.78 is 11.5. The lowest BCUT2D eigenvalue weighted by atomic mass is 9.71. The van der Waals surface area contributed by atoms with Gasteiger partial charge in [0.2, 0.25) is 5.79 Å². The third kappa shape index (κ3) is 1.19. The maximum absolute atomic E-state index is 5.81. The lowest BCUT2D eigenvalue weighted by Gasteiger charge is -2.44. The first kappa shape index (κ1) is 9.07. The third-order valence-electron chi connectivity index (χ3n) is 3.39. The predicted molar refractivity (Wildman–Crippen MR) is 51.2 cm³/mol. The molecule has 13 heavy (non-hydrogen) atoms. The highest BCUT2D eigenvalue weighted by Crippen LogP contribution is 2.51. The molecule has 0 spiro atoms. The van der Waals surface area contributed by atoms with Crippen molar-refractivity contribution in [2.24, 2.45) is 5.41 Å². The molecule has 2 unspecified atom stereocenters. The van der Waals surface area contributed by atoms with Crippen LogP contribution in [0.1, 0.15) is 39.5 Å². The van der Waals surface area contributed by atoms with Crippen LogP contribution in [0.3, 0.4) is 0 Å². The van der Waals surface area contributed by atoms with E-state index in [0.29, 0.717) is 0 Å². The molecule has 0 N–H and O–H groups in total. The summed E-state index contributed by atoms with van der Waals surface area (Å²) in [6, 6.07) is 0. The van der Waals surface area contributed by atoms with Crippen LogP contribution in [0.25, 0.3) is 0 Å². The van der Waals surface area contributed by atoms with Crippen LogP contribution in [-0.2, 0) is 9.47 Å². The molecule has 0 aromatic heterocycles. The van der Waals surface area contributed by atoms with Crippen molar-refractivity contribution in [2.45, 2.75) is 45.3 Å². The molecule has 0 aromatic carbocycles. The highest BCUT2D eigenvalue weighted by atomic mass is 16.7. The number of ether oxygens (including phenoxy) is 2. The molecule has 1 saturated carbocycles. The molecule has 0 aromatic rings. The van der Waals surface area contributed by atoms with Gasteiger partial charge >= 0.3 is 0 Å².